The van der Waals surface area contributed by atoms with Crippen LogP contribution in [0.25, 0.3) is 0 Å². The Morgan fingerprint density at radius 3 is 2.50 bits per heavy atom. The Hall–Kier alpha value is -2.65. The largest absolute Gasteiger partial charge is 0.480 e. The summed E-state index contributed by atoms with van der Waals surface area (Å²) < 4.78 is 4.20. The minimum Gasteiger partial charge on any atom is -0.480 e. The Morgan fingerprint density at radius 2 is 2.06 bits per heavy atom. The van der Waals surface area contributed by atoms with E-state index in [1.807, 2.05) is 0 Å². The number of aliphatic carboxylic acids is 1. The normalized spacial score (nSPS) is 11.8. The van der Waals surface area contributed by atoms with Crippen LogP contribution in [0.2, 0.25) is 0 Å². The van der Waals surface area contributed by atoms with Crippen LogP contribution in [0.4, 0.5) is 5.82 Å². The third-order valence-electron chi connectivity index (χ3n) is 2.01. The summed E-state index contributed by atoms with van der Waals surface area (Å²) in [6, 6.07) is -1.28. The van der Waals surface area contributed by atoms with Gasteiger partial charge in [-0.2, -0.15) is 0 Å². The molecule has 0 spiro atoms. The van der Waals surface area contributed by atoms with E-state index in [0.29, 0.717) is 0 Å². The second kappa shape index (κ2) is 5.61. The Bertz CT molecular complexity index is 470. The molecule has 0 saturated heterocycles. The summed E-state index contributed by atoms with van der Waals surface area (Å²) in [4.78, 5) is 33.0. The number of carboxylic acid groups (broad SMARTS) is 1. The highest BCUT2D eigenvalue weighted by Gasteiger charge is 2.24. The standard InChI is InChI=1S/C8H11N5O5/c9-4(14)2-1-3(8(16)17)11-7(15)5-6(10)13-18-12-5/h3H,1-2H2,(H2,9,14)(H2,10,13)(H,11,15)(H,16,17). The molecule has 0 radical (unpaired) electrons. The van der Waals surface area contributed by atoms with Crippen LogP contribution in [0, 0.1) is 0 Å². The molecule has 6 N–H and O–H groups in total. The molecule has 1 atom stereocenters. The van der Waals surface area contributed by atoms with Crippen LogP contribution in [0.5, 0.6) is 0 Å². The van der Waals surface area contributed by atoms with Crippen molar-refractivity contribution in [3.8, 4) is 0 Å². The van der Waals surface area contributed by atoms with Crippen molar-refractivity contribution in [2.24, 2.45) is 5.73 Å². The third kappa shape index (κ3) is 3.43. The smallest absolute Gasteiger partial charge is 0.326 e. The van der Waals surface area contributed by atoms with E-state index in [-0.39, 0.29) is 24.4 Å². The van der Waals surface area contributed by atoms with Gasteiger partial charge in [-0.25, -0.2) is 9.42 Å². The van der Waals surface area contributed by atoms with Gasteiger partial charge in [0.25, 0.3) is 5.91 Å². The molecule has 0 aliphatic heterocycles. The van der Waals surface area contributed by atoms with Crippen molar-refractivity contribution in [1.82, 2.24) is 15.6 Å². The summed E-state index contributed by atoms with van der Waals surface area (Å²) in [6.07, 6.45) is -0.314. The summed E-state index contributed by atoms with van der Waals surface area (Å²) >= 11 is 0. The first-order chi connectivity index (χ1) is 8.41. The zero-order valence-electron chi connectivity index (χ0n) is 9.12. The molecular formula is C8H11N5O5. The summed E-state index contributed by atoms with van der Waals surface area (Å²) in [7, 11) is 0. The number of nitrogen functional groups attached to an aromatic ring is 1. The molecule has 0 saturated carbocycles. The molecule has 1 unspecified atom stereocenters. The first kappa shape index (κ1) is 13.4. The van der Waals surface area contributed by atoms with Crippen molar-refractivity contribution in [3.63, 3.8) is 0 Å². The molecule has 0 aromatic carbocycles. The van der Waals surface area contributed by atoms with Gasteiger partial charge in [0.05, 0.1) is 0 Å². The number of nitrogens with one attached hydrogen (secondary N) is 1. The van der Waals surface area contributed by atoms with Crippen LogP contribution in [0.3, 0.4) is 0 Å². The maximum absolute atomic E-state index is 11.6. The van der Waals surface area contributed by atoms with Gasteiger partial charge in [-0.15, -0.1) is 0 Å². The lowest BCUT2D eigenvalue weighted by Gasteiger charge is -2.12. The highest BCUT2D eigenvalue weighted by molar-refractivity contribution is 5.98. The molecule has 98 valence electrons. The fourth-order valence-electron chi connectivity index (χ4n) is 1.12. The topological polar surface area (TPSA) is 174 Å². The summed E-state index contributed by atoms with van der Waals surface area (Å²) in [5, 5.41) is 17.4. The van der Waals surface area contributed by atoms with Crippen LogP contribution in [-0.4, -0.2) is 39.2 Å². The molecule has 10 heteroatoms. The van der Waals surface area contributed by atoms with Crippen molar-refractivity contribution in [2.45, 2.75) is 18.9 Å². The molecule has 1 aromatic rings. The number of carbonyl (C=O) groups excluding carboxylic acids is 2. The molecule has 1 heterocycles. The Kier molecular flexibility index (Phi) is 4.18. The van der Waals surface area contributed by atoms with Gasteiger partial charge >= 0.3 is 5.97 Å². The maximum Gasteiger partial charge on any atom is 0.326 e. The van der Waals surface area contributed by atoms with Gasteiger partial charge in [-0.3, -0.25) is 9.59 Å². The molecule has 2 amide bonds. The fourth-order valence-corrected chi connectivity index (χ4v) is 1.12. The van der Waals surface area contributed by atoms with E-state index in [9.17, 15) is 14.4 Å². The first-order valence-electron chi connectivity index (χ1n) is 4.81. The van der Waals surface area contributed by atoms with Crippen molar-refractivity contribution in [1.29, 1.82) is 0 Å². The zero-order chi connectivity index (χ0) is 13.7. The maximum atomic E-state index is 11.6. The third-order valence-corrected chi connectivity index (χ3v) is 2.01. The highest BCUT2D eigenvalue weighted by Crippen LogP contribution is 2.05. The van der Waals surface area contributed by atoms with Gasteiger partial charge in [-0.05, 0) is 16.7 Å². The Morgan fingerprint density at radius 1 is 1.39 bits per heavy atom. The van der Waals surface area contributed by atoms with Gasteiger partial charge in [0.15, 0.2) is 0 Å². The molecule has 0 aliphatic rings. The number of nitrogens with two attached hydrogens (primary N) is 2. The number of hydrogen-bond acceptors (Lipinski definition) is 7. The Labute approximate surface area is 100 Å². The molecular weight excluding hydrogens is 246 g/mol. The quantitative estimate of drug-likeness (QED) is 0.456. The summed E-state index contributed by atoms with van der Waals surface area (Å²) in [5.74, 6) is -3.09. The van der Waals surface area contributed by atoms with Crippen molar-refractivity contribution in [3.05, 3.63) is 5.69 Å². The van der Waals surface area contributed by atoms with E-state index < -0.39 is 23.8 Å². The van der Waals surface area contributed by atoms with Gasteiger partial charge < -0.3 is 21.9 Å². The molecule has 0 aliphatic carbocycles. The van der Waals surface area contributed by atoms with Gasteiger partial charge in [0.2, 0.25) is 17.4 Å². The molecule has 1 rings (SSSR count). The number of anilines is 1. The van der Waals surface area contributed by atoms with Crippen LogP contribution in [-0.2, 0) is 9.59 Å². The molecule has 10 nitrogen and oxygen atoms in total. The van der Waals surface area contributed by atoms with Crippen LogP contribution in [0.1, 0.15) is 23.3 Å². The lowest BCUT2D eigenvalue weighted by molar-refractivity contribution is -0.139. The molecule has 1 aromatic heterocycles. The summed E-state index contributed by atoms with van der Waals surface area (Å²) in [5.41, 5.74) is 9.84. The second-order valence-electron chi connectivity index (χ2n) is 3.37. The lowest BCUT2D eigenvalue weighted by Crippen LogP contribution is -2.41. The predicted octanol–water partition coefficient (Wildman–Crippen LogP) is -1.90. The number of carbonyl (C=O) groups is 3. The number of primary amides is 1. The van der Waals surface area contributed by atoms with Gasteiger partial charge in [0, 0.05) is 6.42 Å². The zero-order valence-corrected chi connectivity index (χ0v) is 9.12. The fraction of sp³-hybridized carbons (Fsp3) is 0.375. The summed E-state index contributed by atoms with van der Waals surface area (Å²) in [6.45, 7) is 0. The van der Waals surface area contributed by atoms with E-state index in [2.05, 4.69) is 20.3 Å². The van der Waals surface area contributed by atoms with E-state index in [4.69, 9.17) is 16.6 Å². The van der Waals surface area contributed by atoms with Crippen molar-refractivity contribution >= 4 is 23.6 Å². The average molecular weight is 257 g/mol. The van der Waals surface area contributed by atoms with Crippen molar-refractivity contribution in [2.75, 3.05) is 5.73 Å². The second-order valence-corrected chi connectivity index (χ2v) is 3.37. The monoisotopic (exact) mass is 257 g/mol. The van der Waals surface area contributed by atoms with E-state index in [1.54, 1.807) is 0 Å². The molecule has 0 bridgehead atoms. The van der Waals surface area contributed by atoms with E-state index in [0.717, 1.165) is 0 Å². The van der Waals surface area contributed by atoms with Crippen LogP contribution >= 0.6 is 0 Å². The first-order valence-corrected chi connectivity index (χ1v) is 4.81. The predicted molar refractivity (Wildman–Crippen MR) is 56.0 cm³/mol. The number of rotatable bonds is 6. The Balaban J connectivity index is 2.67. The van der Waals surface area contributed by atoms with E-state index in [1.165, 1.54) is 0 Å². The highest BCUT2D eigenvalue weighted by atomic mass is 16.6. The minimum absolute atomic E-state index is 0.137. The number of aromatic nitrogens is 2. The van der Waals surface area contributed by atoms with Gasteiger partial charge in [-0.1, -0.05) is 0 Å². The average Bonchev–Trinajstić information content (AvgIpc) is 2.69. The molecule has 18 heavy (non-hydrogen) atoms. The lowest BCUT2D eigenvalue weighted by atomic mass is 10.1. The van der Waals surface area contributed by atoms with Crippen LogP contribution in [0.15, 0.2) is 4.63 Å². The van der Waals surface area contributed by atoms with Crippen molar-refractivity contribution < 1.29 is 24.1 Å². The number of nitrogens with zero attached hydrogens (tertiary/aromatic N) is 2. The number of carboxylic acids is 1. The SMILES string of the molecule is NC(=O)CCC(NC(=O)c1nonc1N)C(=O)O. The van der Waals surface area contributed by atoms with Crippen LogP contribution < -0.4 is 16.8 Å². The number of hydrogen-bond donors (Lipinski definition) is 4. The van der Waals surface area contributed by atoms with Gasteiger partial charge in [0.1, 0.15) is 6.04 Å². The number of amides is 2. The minimum atomic E-state index is -1.31. The molecule has 0 fully saturated rings. The van der Waals surface area contributed by atoms with E-state index >= 15 is 0 Å².